The highest BCUT2D eigenvalue weighted by Crippen LogP contribution is 2.26. The van der Waals surface area contributed by atoms with E-state index in [4.69, 9.17) is 15.2 Å². The van der Waals surface area contributed by atoms with Crippen molar-refractivity contribution >= 4 is 15.7 Å². The molecular weight excluding hydrogens is 284 g/mol. The molecule has 0 bridgehead atoms. The number of aliphatic hydroxyl groups excluding tert-OH is 1. The van der Waals surface area contributed by atoms with Gasteiger partial charge in [-0.15, -0.1) is 0 Å². The predicted octanol–water partition coefficient (Wildman–Crippen LogP) is -0.0948. The van der Waals surface area contributed by atoms with Crippen molar-refractivity contribution in [3.63, 3.8) is 0 Å². The molecule has 7 nitrogen and oxygen atoms in total. The van der Waals surface area contributed by atoms with Crippen molar-refractivity contribution in [2.75, 3.05) is 40.2 Å². The Bertz CT molecular complexity index is 547. The van der Waals surface area contributed by atoms with Gasteiger partial charge in [0.25, 0.3) is 0 Å². The highest BCUT2D eigenvalue weighted by Gasteiger charge is 2.24. The van der Waals surface area contributed by atoms with E-state index in [9.17, 15) is 13.5 Å². The second kappa shape index (κ2) is 6.89. The van der Waals surface area contributed by atoms with Gasteiger partial charge in [-0.25, -0.2) is 8.42 Å². The fourth-order valence-corrected chi connectivity index (χ4v) is 2.90. The summed E-state index contributed by atoms with van der Waals surface area (Å²) in [6, 6.07) is 4.21. The Kier molecular flexibility index (Phi) is 5.75. The average molecular weight is 304 g/mol. The zero-order valence-corrected chi connectivity index (χ0v) is 12.6. The third kappa shape index (κ3) is 3.83. The van der Waals surface area contributed by atoms with Gasteiger partial charge >= 0.3 is 0 Å². The molecule has 114 valence electrons. The van der Waals surface area contributed by atoms with Crippen LogP contribution in [0.25, 0.3) is 0 Å². The third-order valence-electron chi connectivity index (χ3n) is 2.74. The molecule has 1 rings (SSSR count). The normalized spacial score (nSPS) is 13.4. The van der Waals surface area contributed by atoms with Gasteiger partial charge in [0.2, 0.25) is 10.0 Å². The maximum Gasteiger partial charge on any atom is 0.243 e. The van der Waals surface area contributed by atoms with E-state index in [-0.39, 0.29) is 23.8 Å². The lowest BCUT2D eigenvalue weighted by molar-refractivity contribution is 0.0554. The fraction of sp³-hybridized carbons (Fsp3) is 0.500. The number of sulfonamides is 1. The topological polar surface area (TPSA) is 102 Å². The van der Waals surface area contributed by atoms with E-state index >= 15 is 0 Å². The minimum absolute atomic E-state index is 0.0515. The molecule has 0 radical (unpaired) electrons. The molecule has 0 aromatic heterocycles. The number of nitrogens with zero attached hydrogens (tertiary/aromatic N) is 1. The first kappa shape index (κ1) is 16.7. The van der Waals surface area contributed by atoms with Gasteiger partial charge in [0.05, 0.1) is 30.4 Å². The molecule has 0 fully saturated rings. The molecule has 8 heteroatoms. The largest absolute Gasteiger partial charge is 0.495 e. The fourth-order valence-electron chi connectivity index (χ4n) is 1.67. The average Bonchev–Trinajstić information content (AvgIpc) is 2.39. The van der Waals surface area contributed by atoms with E-state index in [1.165, 1.54) is 39.5 Å². The zero-order valence-electron chi connectivity index (χ0n) is 11.7. The Morgan fingerprint density at radius 2 is 2.05 bits per heavy atom. The van der Waals surface area contributed by atoms with Crippen LogP contribution in [0.1, 0.15) is 0 Å². The first-order chi connectivity index (χ1) is 9.32. The van der Waals surface area contributed by atoms with E-state index < -0.39 is 16.1 Å². The van der Waals surface area contributed by atoms with Gasteiger partial charge in [0, 0.05) is 26.8 Å². The molecule has 0 amide bonds. The van der Waals surface area contributed by atoms with Crippen molar-refractivity contribution in [1.29, 1.82) is 0 Å². The van der Waals surface area contributed by atoms with E-state index in [2.05, 4.69) is 0 Å². The quantitative estimate of drug-likeness (QED) is 0.682. The van der Waals surface area contributed by atoms with Crippen LogP contribution >= 0.6 is 0 Å². The maximum absolute atomic E-state index is 12.3. The second-order valence-corrected chi connectivity index (χ2v) is 6.34. The number of ether oxygens (including phenoxy) is 2. The number of rotatable bonds is 7. The molecule has 1 atom stereocenters. The summed E-state index contributed by atoms with van der Waals surface area (Å²) < 4.78 is 35.5. The van der Waals surface area contributed by atoms with Gasteiger partial charge in [0.15, 0.2) is 0 Å². The van der Waals surface area contributed by atoms with Crippen LogP contribution in [0, 0.1) is 0 Å². The van der Waals surface area contributed by atoms with E-state index in [0.717, 1.165) is 4.31 Å². The molecule has 20 heavy (non-hydrogen) atoms. The summed E-state index contributed by atoms with van der Waals surface area (Å²) >= 11 is 0. The molecular formula is C12H20N2O5S. The molecule has 0 aliphatic heterocycles. The van der Waals surface area contributed by atoms with Crippen molar-refractivity contribution in [3.05, 3.63) is 18.2 Å². The number of nitrogen functional groups attached to an aromatic ring is 1. The SMILES string of the molecule is COCC(O)CN(C)S(=O)(=O)c1ccc(N)c(OC)c1. The lowest BCUT2D eigenvalue weighted by Crippen LogP contribution is -2.36. The summed E-state index contributed by atoms with van der Waals surface area (Å²) in [5, 5.41) is 9.60. The van der Waals surface area contributed by atoms with Gasteiger partial charge in [0.1, 0.15) is 5.75 Å². The van der Waals surface area contributed by atoms with Crippen molar-refractivity contribution in [1.82, 2.24) is 4.31 Å². The molecule has 0 heterocycles. The lowest BCUT2D eigenvalue weighted by atomic mass is 10.3. The number of nitrogens with two attached hydrogens (primary N) is 1. The van der Waals surface area contributed by atoms with E-state index in [0.29, 0.717) is 5.69 Å². The lowest BCUT2D eigenvalue weighted by Gasteiger charge is -2.20. The summed E-state index contributed by atoms with van der Waals surface area (Å²) in [6.07, 6.45) is -0.893. The second-order valence-electron chi connectivity index (χ2n) is 4.30. The Morgan fingerprint density at radius 3 is 2.60 bits per heavy atom. The molecule has 1 unspecified atom stereocenters. The van der Waals surface area contributed by atoms with Crippen molar-refractivity contribution in [2.24, 2.45) is 0 Å². The number of aliphatic hydroxyl groups is 1. The van der Waals surface area contributed by atoms with E-state index in [1.807, 2.05) is 0 Å². The molecule has 0 spiro atoms. The molecule has 0 aliphatic carbocycles. The van der Waals surface area contributed by atoms with Gasteiger partial charge < -0.3 is 20.3 Å². The molecule has 1 aromatic rings. The Morgan fingerprint density at radius 1 is 1.40 bits per heavy atom. The van der Waals surface area contributed by atoms with Crippen molar-refractivity contribution in [3.8, 4) is 5.75 Å². The van der Waals surface area contributed by atoms with E-state index in [1.54, 1.807) is 0 Å². The van der Waals surface area contributed by atoms with Crippen LogP contribution in [0.3, 0.4) is 0 Å². The Balaban J connectivity index is 2.98. The highest BCUT2D eigenvalue weighted by atomic mass is 32.2. The number of methoxy groups -OCH3 is 2. The summed E-state index contributed by atoms with van der Waals surface area (Å²) in [7, 11) is 0.510. The number of likely N-dealkylation sites (N-methyl/N-ethyl adjacent to an activating group) is 1. The van der Waals surface area contributed by atoms with Crippen LogP contribution in [0.4, 0.5) is 5.69 Å². The number of anilines is 1. The standard InChI is InChI=1S/C12H20N2O5S/c1-14(7-9(15)8-18-2)20(16,17)10-4-5-11(13)12(6-10)19-3/h4-6,9,15H,7-8,13H2,1-3H3. The van der Waals surface area contributed by atoms with Gasteiger partial charge in [-0.2, -0.15) is 4.31 Å². The van der Waals surface area contributed by atoms with Crippen LogP contribution in [-0.4, -0.2) is 58.4 Å². The monoisotopic (exact) mass is 304 g/mol. The highest BCUT2D eigenvalue weighted by molar-refractivity contribution is 7.89. The summed E-state index contributed by atoms with van der Waals surface area (Å²) in [6.45, 7) is -0.00617. The minimum atomic E-state index is -3.72. The Labute approximate surface area is 119 Å². The molecule has 0 saturated heterocycles. The molecule has 3 N–H and O–H groups in total. The number of benzene rings is 1. The van der Waals surface area contributed by atoms with Gasteiger partial charge in [-0.1, -0.05) is 0 Å². The minimum Gasteiger partial charge on any atom is -0.495 e. The van der Waals surface area contributed by atoms with Crippen LogP contribution in [0.2, 0.25) is 0 Å². The van der Waals surface area contributed by atoms with Crippen LogP contribution < -0.4 is 10.5 Å². The summed E-state index contributed by atoms with van der Waals surface area (Å²) in [5.74, 6) is 0.289. The third-order valence-corrected chi connectivity index (χ3v) is 4.56. The summed E-state index contributed by atoms with van der Waals surface area (Å²) in [5.41, 5.74) is 6.00. The maximum atomic E-state index is 12.3. The van der Waals surface area contributed by atoms with Crippen LogP contribution in [0.5, 0.6) is 5.75 Å². The first-order valence-corrected chi connectivity index (χ1v) is 7.33. The number of hydrogen-bond donors (Lipinski definition) is 2. The predicted molar refractivity (Wildman–Crippen MR) is 75.1 cm³/mol. The smallest absolute Gasteiger partial charge is 0.243 e. The Hall–Kier alpha value is -1.35. The van der Waals surface area contributed by atoms with Crippen molar-refractivity contribution < 1.29 is 23.0 Å². The molecule has 0 aliphatic rings. The number of hydrogen-bond acceptors (Lipinski definition) is 6. The molecule has 0 saturated carbocycles. The van der Waals surface area contributed by atoms with Gasteiger partial charge in [-0.05, 0) is 12.1 Å². The summed E-state index contributed by atoms with van der Waals surface area (Å²) in [4.78, 5) is 0.0515. The van der Waals surface area contributed by atoms with Gasteiger partial charge in [-0.3, -0.25) is 0 Å². The zero-order chi connectivity index (χ0) is 15.3. The first-order valence-electron chi connectivity index (χ1n) is 5.89. The van der Waals surface area contributed by atoms with Crippen LogP contribution in [0.15, 0.2) is 23.1 Å². The van der Waals surface area contributed by atoms with Crippen molar-refractivity contribution in [2.45, 2.75) is 11.0 Å². The van der Waals surface area contributed by atoms with Crippen LogP contribution in [-0.2, 0) is 14.8 Å². The molecule has 1 aromatic carbocycles.